The lowest BCUT2D eigenvalue weighted by Crippen LogP contribution is -2.37. The molecule has 1 aliphatic rings. The van der Waals surface area contributed by atoms with E-state index in [0.29, 0.717) is 24.2 Å². The Kier molecular flexibility index (Phi) is 5.18. The van der Waals surface area contributed by atoms with Crippen LogP contribution in [-0.2, 0) is 4.84 Å². The van der Waals surface area contributed by atoms with Gasteiger partial charge in [0, 0.05) is 19.2 Å². The number of amides is 2. The predicted octanol–water partition coefficient (Wildman–Crippen LogP) is 3.52. The summed E-state index contributed by atoms with van der Waals surface area (Å²) in [6.45, 7) is 2.46. The molecule has 0 radical (unpaired) electrons. The number of hydrogen-bond acceptors (Lipinski definition) is 4. The molecule has 0 spiro atoms. The van der Waals surface area contributed by atoms with E-state index >= 15 is 0 Å². The molecule has 0 fully saturated rings. The average molecular weight is 348 g/mol. The molecule has 26 heavy (non-hydrogen) atoms. The molecular formula is C20H20N4O2. The molecule has 0 saturated heterocycles. The zero-order valence-corrected chi connectivity index (χ0v) is 14.8. The highest BCUT2D eigenvalue weighted by Crippen LogP contribution is 2.18. The van der Waals surface area contributed by atoms with E-state index in [0.717, 1.165) is 11.3 Å². The highest BCUT2D eigenvalue weighted by molar-refractivity contribution is 6.01. The van der Waals surface area contributed by atoms with Crippen molar-refractivity contribution in [1.29, 1.82) is 5.26 Å². The third-order valence-corrected chi connectivity index (χ3v) is 4.18. The number of carbonyl (C=O) groups excluding carboxylic acids is 1. The van der Waals surface area contributed by atoms with E-state index in [1.165, 1.54) is 5.56 Å². The Labute approximate surface area is 152 Å². The fourth-order valence-electron chi connectivity index (χ4n) is 2.72. The van der Waals surface area contributed by atoms with Crippen LogP contribution < -0.4 is 5.32 Å². The van der Waals surface area contributed by atoms with E-state index in [1.54, 1.807) is 36.2 Å². The Hall–Kier alpha value is -3.33. The third-order valence-electron chi connectivity index (χ3n) is 4.18. The zero-order valence-electron chi connectivity index (χ0n) is 14.8. The van der Waals surface area contributed by atoms with E-state index in [-0.39, 0.29) is 12.1 Å². The number of anilines is 1. The molecule has 3 rings (SSSR count). The number of likely N-dealkylation sites (N-methyl/N-ethyl adjacent to an activating group) is 1. The lowest BCUT2D eigenvalue weighted by Gasteiger charge is -2.20. The van der Waals surface area contributed by atoms with Gasteiger partial charge in [0.1, 0.15) is 0 Å². The van der Waals surface area contributed by atoms with Gasteiger partial charge in [-0.3, -0.25) is 0 Å². The molecule has 2 aromatic carbocycles. The molecule has 0 saturated carbocycles. The summed E-state index contributed by atoms with van der Waals surface area (Å²) < 4.78 is 0. The van der Waals surface area contributed by atoms with Gasteiger partial charge in [-0.25, -0.2) is 4.79 Å². The Morgan fingerprint density at radius 3 is 2.85 bits per heavy atom. The van der Waals surface area contributed by atoms with Crippen LogP contribution in [0, 0.1) is 18.3 Å². The molecule has 1 atom stereocenters. The highest BCUT2D eigenvalue weighted by atomic mass is 16.6. The number of carbonyl (C=O) groups is 1. The monoisotopic (exact) mass is 348 g/mol. The van der Waals surface area contributed by atoms with E-state index in [1.807, 2.05) is 31.2 Å². The van der Waals surface area contributed by atoms with E-state index in [2.05, 4.69) is 16.5 Å². The highest BCUT2D eigenvalue weighted by Gasteiger charge is 2.25. The molecule has 0 aromatic heterocycles. The molecule has 6 heteroatoms. The second-order valence-electron chi connectivity index (χ2n) is 6.34. The van der Waals surface area contributed by atoms with Gasteiger partial charge in [0.05, 0.1) is 23.9 Å². The fourth-order valence-corrected chi connectivity index (χ4v) is 2.72. The van der Waals surface area contributed by atoms with Gasteiger partial charge in [-0.2, -0.15) is 5.26 Å². The molecule has 2 aromatic rings. The summed E-state index contributed by atoms with van der Waals surface area (Å²) in [7, 11) is 1.71. The fraction of sp³-hybridized carbons (Fsp3) is 0.250. The lowest BCUT2D eigenvalue weighted by atomic mass is 10.0. The number of aryl methyl sites for hydroxylation is 1. The van der Waals surface area contributed by atoms with Crippen molar-refractivity contribution in [2.45, 2.75) is 19.4 Å². The Morgan fingerprint density at radius 2 is 2.12 bits per heavy atom. The molecule has 2 amide bonds. The average Bonchev–Trinajstić information content (AvgIpc) is 3.11. The number of rotatable bonds is 4. The normalized spacial score (nSPS) is 15.6. The number of urea groups is 1. The summed E-state index contributed by atoms with van der Waals surface area (Å²) in [5, 5.41) is 15.9. The van der Waals surface area contributed by atoms with Gasteiger partial charge < -0.3 is 15.1 Å². The van der Waals surface area contributed by atoms with Crippen LogP contribution in [0.2, 0.25) is 0 Å². The second kappa shape index (κ2) is 7.70. The zero-order chi connectivity index (χ0) is 18.5. The van der Waals surface area contributed by atoms with Crippen LogP contribution in [0.1, 0.15) is 23.1 Å². The molecule has 1 N–H and O–H groups in total. The topological polar surface area (TPSA) is 77.7 Å². The van der Waals surface area contributed by atoms with Crippen molar-refractivity contribution in [1.82, 2.24) is 4.90 Å². The van der Waals surface area contributed by atoms with Gasteiger partial charge >= 0.3 is 6.03 Å². The molecule has 0 aliphatic carbocycles. The van der Waals surface area contributed by atoms with Gasteiger partial charge in [-0.05, 0) is 30.7 Å². The largest absolute Gasteiger partial charge is 0.390 e. The molecular weight excluding hydrogens is 328 g/mol. The van der Waals surface area contributed by atoms with Crippen LogP contribution in [-0.4, -0.2) is 36.3 Å². The van der Waals surface area contributed by atoms with Gasteiger partial charge in [0.2, 0.25) is 0 Å². The number of nitriles is 1. The smallest absolute Gasteiger partial charge is 0.321 e. The first-order valence-corrected chi connectivity index (χ1v) is 8.37. The first-order valence-electron chi connectivity index (χ1n) is 8.37. The number of oxime groups is 1. The van der Waals surface area contributed by atoms with Crippen molar-refractivity contribution >= 4 is 17.4 Å². The summed E-state index contributed by atoms with van der Waals surface area (Å²) in [6.07, 6.45) is 0.484. The van der Waals surface area contributed by atoms with Crippen LogP contribution >= 0.6 is 0 Å². The first kappa shape index (κ1) is 17.5. The van der Waals surface area contributed by atoms with Crippen molar-refractivity contribution in [3.8, 4) is 6.07 Å². The standard InChI is InChI=1S/C20H20N4O2/c1-14-6-8-16(9-7-14)19-11-18(26-23-19)13-24(2)20(25)22-17-5-3-4-15(10-17)12-21/h3-10,18H,11,13H2,1-2H3,(H,22,25)/t18-/m0/s1. The predicted molar refractivity (Wildman–Crippen MR) is 100 cm³/mol. The van der Waals surface area contributed by atoms with Crippen LogP contribution in [0.5, 0.6) is 0 Å². The lowest BCUT2D eigenvalue weighted by molar-refractivity contribution is 0.0672. The van der Waals surface area contributed by atoms with Gasteiger partial charge in [0.25, 0.3) is 0 Å². The SMILES string of the molecule is Cc1ccc(C2=NO[C@H](CN(C)C(=O)Nc3cccc(C#N)c3)C2)cc1. The van der Waals surface area contributed by atoms with Gasteiger partial charge in [-0.15, -0.1) is 0 Å². The first-order chi connectivity index (χ1) is 12.5. The van der Waals surface area contributed by atoms with Crippen LogP contribution in [0.4, 0.5) is 10.5 Å². The summed E-state index contributed by atoms with van der Waals surface area (Å²) in [5.41, 5.74) is 4.22. The maximum atomic E-state index is 12.3. The van der Waals surface area contributed by atoms with Gasteiger partial charge in [-0.1, -0.05) is 41.1 Å². The summed E-state index contributed by atoms with van der Waals surface area (Å²) in [5.74, 6) is 0. The molecule has 132 valence electrons. The molecule has 0 unspecified atom stereocenters. The van der Waals surface area contributed by atoms with Crippen LogP contribution in [0.3, 0.4) is 0 Å². The quantitative estimate of drug-likeness (QED) is 0.918. The number of benzene rings is 2. The summed E-state index contributed by atoms with van der Waals surface area (Å²) in [4.78, 5) is 19.4. The van der Waals surface area contributed by atoms with Crippen molar-refractivity contribution in [2.24, 2.45) is 5.16 Å². The van der Waals surface area contributed by atoms with E-state index < -0.39 is 0 Å². The maximum absolute atomic E-state index is 12.3. The molecule has 1 aliphatic heterocycles. The van der Waals surface area contributed by atoms with Crippen molar-refractivity contribution < 1.29 is 9.63 Å². The van der Waals surface area contributed by atoms with Crippen LogP contribution in [0.15, 0.2) is 53.7 Å². The van der Waals surface area contributed by atoms with Crippen molar-refractivity contribution in [3.63, 3.8) is 0 Å². The Balaban J connectivity index is 1.54. The van der Waals surface area contributed by atoms with E-state index in [4.69, 9.17) is 10.1 Å². The molecule has 1 heterocycles. The Morgan fingerprint density at radius 1 is 1.35 bits per heavy atom. The second-order valence-corrected chi connectivity index (χ2v) is 6.34. The van der Waals surface area contributed by atoms with Crippen molar-refractivity contribution in [3.05, 3.63) is 65.2 Å². The summed E-state index contributed by atoms with van der Waals surface area (Å²) >= 11 is 0. The molecule has 6 nitrogen and oxygen atoms in total. The Bertz CT molecular complexity index is 868. The van der Waals surface area contributed by atoms with Gasteiger partial charge in [0.15, 0.2) is 6.10 Å². The number of hydrogen-bond donors (Lipinski definition) is 1. The summed E-state index contributed by atoms with van der Waals surface area (Å²) in [6, 6.07) is 16.7. The number of nitrogens with zero attached hydrogens (tertiary/aromatic N) is 3. The number of nitrogens with one attached hydrogen (secondary N) is 1. The molecule has 0 bridgehead atoms. The minimum atomic E-state index is -0.257. The van der Waals surface area contributed by atoms with Crippen LogP contribution in [0.25, 0.3) is 0 Å². The minimum Gasteiger partial charge on any atom is -0.390 e. The van der Waals surface area contributed by atoms with Crippen molar-refractivity contribution in [2.75, 3.05) is 18.9 Å². The third kappa shape index (κ3) is 4.19. The minimum absolute atomic E-state index is 0.174. The van der Waals surface area contributed by atoms with E-state index in [9.17, 15) is 4.79 Å². The maximum Gasteiger partial charge on any atom is 0.321 e.